The number of rotatable bonds is 6. The van der Waals surface area contributed by atoms with Crippen molar-refractivity contribution in [2.45, 2.75) is 25.9 Å². The molecule has 0 spiro atoms. The highest BCUT2D eigenvalue weighted by molar-refractivity contribution is 5.99. The minimum atomic E-state index is -1.19. The van der Waals surface area contributed by atoms with Crippen molar-refractivity contribution in [1.82, 2.24) is 5.16 Å². The predicted molar refractivity (Wildman–Crippen MR) is 112 cm³/mol. The normalized spacial score (nSPS) is 14.4. The van der Waals surface area contributed by atoms with Crippen LogP contribution in [0.4, 0.5) is 11.5 Å². The average molecular weight is 419 g/mol. The van der Waals surface area contributed by atoms with Gasteiger partial charge in [0.15, 0.2) is 5.82 Å². The third kappa shape index (κ3) is 4.63. The summed E-state index contributed by atoms with van der Waals surface area (Å²) >= 11 is 0. The lowest BCUT2D eigenvalue weighted by Gasteiger charge is -2.19. The number of aryl methyl sites for hydroxylation is 1. The second-order valence-corrected chi connectivity index (χ2v) is 7.21. The van der Waals surface area contributed by atoms with E-state index in [9.17, 15) is 14.4 Å². The Labute approximate surface area is 178 Å². The van der Waals surface area contributed by atoms with Crippen LogP contribution in [0.1, 0.15) is 40.6 Å². The highest BCUT2D eigenvalue weighted by Gasteiger charge is 2.27. The second-order valence-electron chi connectivity index (χ2n) is 7.21. The fraction of sp³-hybridized carbons (Fsp3) is 0.217. The van der Waals surface area contributed by atoms with Gasteiger partial charge in [-0.05, 0) is 31.5 Å². The van der Waals surface area contributed by atoms with Gasteiger partial charge in [-0.3, -0.25) is 9.59 Å². The van der Waals surface area contributed by atoms with Gasteiger partial charge in [-0.15, -0.1) is 0 Å². The molecule has 1 aromatic heterocycles. The van der Waals surface area contributed by atoms with Crippen LogP contribution in [0.2, 0.25) is 0 Å². The van der Waals surface area contributed by atoms with Crippen LogP contribution in [-0.2, 0) is 14.3 Å². The topological polar surface area (TPSA) is 102 Å². The summed E-state index contributed by atoms with van der Waals surface area (Å²) in [5.74, 6) is -0.437. The number of anilines is 2. The SMILES string of the molecule is Cc1cc(NC(=O)C(OC(=O)c2cccc(N3CCCC3=O)c2)c2ccccc2)no1. The van der Waals surface area contributed by atoms with Crippen LogP contribution in [0.15, 0.2) is 65.2 Å². The standard InChI is InChI=1S/C23H21N3O5/c1-15-13-19(25-31-15)24-22(28)21(16-7-3-2-4-8-16)30-23(29)17-9-5-10-18(14-17)26-12-6-11-20(26)27/h2-5,7-10,13-14,21H,6,11-12H2,1H3,(H,24,25,28). The molecular weight excluding hydrogens is 398 g/mol. The molecule has 8 nitrogen and oxygen atoms in total. The van der Waals surface area contributed by atoms with Crippen molar-refractivity contribution >= 4 is 29.3 Å². The summed E-state index contributed by atoms with van der Waals surface area (Å²) in [6.07, 6.45) is 0.0837. The van der Waals surface area contributed by atoms with Crippen molar-refractivity contribution in [3.63, 3.8) is 0 Å². The van der Waals surface area contributed by atoms with Gasteiger partial charge in [0.25, 0.3) is 5.91 Å². The minimum Gasteiger partial charge on any atom is -0.444 e. The number of esters is 1. The van der Waals surface area contributed by atoms with E-state index in [0.717, 1.165) is 6.42 Å². The molecule has 0 aliphatic carbocycles. The van der Waals surface area contributed by atoms with Crippen LogP contribution in [0.5, 0.6) is 0 Å². The van der Waals surface area contributed by atoms with Gasteiger partial charge in [0.05, 0.1) is 5.56 Å². The Bertz CT molecular complexity index is 1110. The van der Waals surface area contributed by atoms with E-state index in [2.05, 4.69) is 10.5 Å². The van der Waals surface area contributed by atoms with Crippen molar-refractivity contribution in [3.05, 3.63) is 77.6 Å². The Balaban J connectivity index is 1.56. The number of nitrogens with zero attached hydrogens (tertiary/aromatic N) is 2. The van der Waals surface area contributed by atoms with Crippen molar-refractivity contribution in [1.29, 1.82) is 0 Å². The molecule has 1 fully saturated rings. The molecule has 1 saturated heterocycles. The van der Waals surface area contributed by atoms with E-state index in [1.54, 1.807) is 72.5 Å². The molecule has 2 amide bonds. The van der Waals surface area contributed by atoms with Gasteiger partial charge in [-0.2, -0.15) is 0 Å². The molecule has 158 valence electrons. The Morgan fingerprint density at radius 3 is 2.61 bits per heavy atom. The number of hydrogen-bond donors (Lipinski definition) is 1. The first-order valence-electron chi connectivity index (χ1n) is 9.92. The Hall–Kier alpha value is -3.94. The number of carbonyl (C=O) groups is 3. The number of benzene rings is 2. The van der Waals surface area contributed by atoms with Crippen LogP contribution < -0.4 is 10.2 Å². The maximum absolute atomic E-state index is 12.9. The number of hydrogen-bond acceptors (Lipinski definition) is 6. The van der Waals surface area contributed by atoms with E-state index in [4.69, 9.17) is 9.26 Å². The first-order valence-corrected chi connectivity index (χ1v) is 9.92. The lowest BCUT2D eigenvalue weighted by atomic mass is 10.1. The molecule has 31 heavy (non-hydrogen) atoms. The quantitative estimate of drug-likeness (QED) is 0.612. The van der Waals surface area contributed by atoms with Crippen LogP contribution in [-0.4, -0.2) is 29.5 Å². The number of amides is 2. The summed E-state index contributed by atoms with van der Waals surface area (Å²) < 4.78 is 10.6. The first-order chi connectivity index (χ1) is 15.0. The van der Waals surface area contributed by atoms with E-state index < -0.39 is 18.0 Å². The van der Waals surface area contributed by atoms with Gasteiger partial charge in [0.2, 0.25) is 12.0 Å². The van der Waals surface area contributed by atoms with E-state index >= 15 is 0 Å². The predicted octanol–water partition coefficient (Wildman–Crippen LogP) is 3.65. The number of ether oxygens (including phenoxy) is 1. The molecule has 1 aliphatic rings. The zero-order valence-electron chi connectivity index (χ0n) is 16.9. The van der Waals surface area contributed by atoms with Gasteiger partial charge in [0, 0.05) is 30.3 Å². The zero-order valence-corrected chi connectivity index (χ0v) is 16.9. The molecule has 3 aromatic rings. The molecule has 2 heterocycles. The molecule has 1 N–H and O–H groups in total. The van der Waals surface area contributed by atoms with E-state index in [-0.39, 0.29) is 17.3 Å². The van der Waals surface area contributed by atoms with Gasteiger partial charge < -0.3 is 19.5 Å². The van der Waals surface area contributed by atoms with Crippen LogP contribution in [0, 0.1) is 6.92 Å². The maximum atomic E-state index is 12.9. The Kier molecular flexibility index (Phi) is 5.79. The van der Waals surface area contributed by atoms with Gasteiger partial charge in [-0.25, -0.2) is 4.79 Å². The zero-order chi connectivity index (χ0) is 21.8. The molecule has 1 unspecified atom stereocenters. The van der Waals surface area contributed by atoms with Gasteiger partial charge >= 0.3 is 5.97 Å². The second kappa shape index (κ2) is 8.83. The van der Waals surface area contributed by atoms with Crippen LogP contribution in [0.25, 0.3) is 0 Å². The maximum Gasteiger partial charge on any atom is 0.339 e. The molecule has 0 saturated carbocycles. The summed E-state index contributed by atoms with van der Waals surface area (Å²) in [5, 5.41) is 6.35. The first kappa shape index (κ1) is 20.3. The summed E-state index contributed by atoms with van der Waals surface area (Å²) in [7, 11) is 0. The molecule has 4 rings (SSSR count). The van der Waals surface area contributed by atoms with Crippen LogP contribution in [0.3, 0.4) is 0 Å². The molecule has 8 heteroatoms. The Morgan fingerprint density at radius 2 is 1.94 bits per heavy atom. The van der Waals surface area contributed by atoms with Gasteiger partial charge in [-0.1, -0.05) is 41.6 Å². The van der Waals surface area contributed by atoms with Crippen molar-refractivity contribution < 1.29 is 23.6 Å². The van der Waals surface area contributed by atoms with Crippen LogP contribution >= 0.6 is 0 Å². The summed E-state index contributed by atoms with van der Waals surface area (Å²) in [6.45, 7) is 2.32. The fourth-order valence-corrected chi connectivity index (χ4v) is 3.41. The highest BCUT2D eigenvalue weighted by atomic mass is 16.5. The summed E-state index contributed by atoms with van der Waals surface area (Å²) in [5.41, 5.74) is 1.40. The molecule has 1 atom stereocenters. The fourth-order valence-electron chi connectivity index (χ4n) is 3.41. The van der Waals surface area contributed by atoms with Crippen molar-refractivity contribution in [3.8, 4) is 0 Å². The molecule has 2 aromatic carbocycles. The number of nitrogens with one attached hydrogen (secondary N) is 1. The molecule has 0 radical (unpaired) electrons. The molecule has 1 aliphatic heterocycles. The smallest absolute Gasteiger partial charge is 0.339 e. The highest BCUT2D eigenvalue weighted by Crippen LogP contribution is 2.25. The van der Waals surface area contributed by atoms with E-state index in [1.807, 2.05) is 0 Å². The third-order valence-electron chi connectivity index (χ3n) is 4.91. The van der Waals surface area contributed by atoms with Crippen molar-refractivity contribution in [2.75, 3.05) is 16.8 Å². The van der Waals surface area contributed by atoms with E-state index in [1.165, 1.54) is 0 Å². The lowest BCUT2D eigenvalue weighted by molar-refractivity contribution is -0.125. The third-order valence-corrected chi connectivity index (χ3v) is 4.91. The van der Waals surface area contributed by atoms with Crippen molar-refractivity contribution in [2.24, 2.45) is 0 Å². The summed E-state index contributed by atoms with van der Waals surface area (Å²) in [4.78, 5) is 39.5. The lowest BCUT2D eigenvalue weighted by Crippen LogP contribution is -2.26. The summed E-state index contributed by atoms with van der Waals surface area (Å²) in [6, 6.07) is 16.9. The largest absolute Gasteiger partial charge is 0.444 e. The molecular formula is C23H21N3O5. The Morgan fingerprint density at radius 1 is 1.13 bits per heavy atom. The van der Waals surface area contributed by atoms with E-state index in [0.29, 0.717) is 30.0 Å². The average Bonchev–Trinajstić information content (AvgIpc) is 3.40. The monoisotopic (exact) mass is 419 g/mol. The minimum absolute atomic E-state index is 0.0231. The molecule has 0 bridgehead atoms. The number of aromatic nitrogens is 1. The number of carbonyl (C=O) groups excluding carboxylic acids is 3. The van der Waals surface area contributed by atoms with Gasteiger partial charge in [0.1, 0.15) is 5.76 Å².